The van der Waals surface area contributed by atoms with E-state index >= 15 is 0 Å². The summed E-state index contributed by atoms with van der Waals surface area (Å²) in [6.45, 7) is 12.5. The van der Waals surface area contributed by atoms with E-state index in [1.807, 2.05) is 0 Å². The lowest BCUT2D eigenvalue weighted by atomic mass is 10.2. The topological polar surface area (TPSA) is 56.5 Å². The molecule has 0 saturated carbocycles. The molecular weight excluding hydrogens is 236 g/mol. The van der Waals surface area contributed by atoms with Crippen molar-refractivity contribution in [3.63, 3.8) is 0 Å². The molecule has 4 nitrogen and oxygen atoms in total. The summed E-state index contributed by atoms with van der Waals surface area (Å²) in [6.07, 6.45) is 0. The molecule has 0 rings (SSSR count). The van der Waals surface area contributed by atoms with E-state index in [4.69, 9.17) is 14.3 Å². The SMILES string of the molecule is CO[Si](C)(CC(C)CNCN)O[Si](C)(C)C. The van der Waals surface area contributed by atoms with Gasteiger partial charge < -0.3 is 19.6 Å². The lowest BCUT2D eigenvalue weighted by Gasteiger charge is -2.34. The Balaban J connectivity index is 4.25. The molecule has 0 saturated heterocycles. The van der Waals surface area contributed by atoms with Gasteiger partial charge in [0.05, 0.1) is 0 Å². The first-order valence-corrected chi connectivity index (χ1v) is 11.8. The van der Waals surface area contributed by atoms with Crippen LogP contribution >= 0.6 is 0 Å². The molecular formula is C10H28N2O2Si2. The molecule has 0 radical (unpaired) electrons. The number of rotatable bonds is 8. The largest absolute Gasteiger partial charge is 0.436 e. The second kappa shape index (κ2) is 6.88. The minimum absolute atomic E-state index is 0.532. The maximum absolute atomic E-state index is 6.22. The maximum Gasteiger partial charge on any atom is 0.324 e. The van der Waals surface area contributed by atoms with Gasteiger partial charge in [-0.15, -0.1) is 0 Å². The quantitative estimate of drug-likeness (QED) is 0.517. The van der Waals surface area contributed by atoms with Crippen LogP contribution in [0.3, 0.4) is 0 Å². The van der Waals surface area contributed by atoms with Gasteiger partial charge >= 0.3 is 8.56 Å². The molecule has 2 unspecified atom stereocenters. The molecule has 0 aliphatic carbocycles. The van der Waals surface area contributed by atoms with E-state index in [-0.39, 0.29) is 0 Å². The fourth-order valence-corrected chi connectivity index (χ4v) is 9.27. The average Bonchev–Trinajstić information content (AvgIpc) is 2.11. The molecule has 0 amide bonds. The second-order valence-corrected chi connectivity index (χ2v) is 13.6. The predicted molar refractivity (Wildman–Crippen MR) is 74.1 cm³/mol. The number of hydrogen-bond donors (Lipinski definition) is 2. The zero-order chi connectivity index (χ0) is 12.8. The highest BCUT2D eigenvalue weighted by atomic mass is 28.4. The molecule has 0 aromatic rings. The van der Waals surface area contributed by atoms with Crippen LogP contribution in [0.15, 0.2) is 0 Å². The molecule has 98 valence electrons. The van der Waals surface area contributed by atoms with Crippen LogP contribution in [-0.2, 0) is 8.54 Å². The number of nitrogens with one attached hydrogen (secondary N) is 1. The minimum atomic E-state index is -1.99. The lowest BCUT2D eigenvalue weighted by molar-refractivity contribution is 0.293. The van der Waals surface area contributed by atoms with Crippen molar-refractivity contribution in [1.29, 1.82) is 0 Å². The van der Waals surface area contributed by atoms with Crippen molar-refractivity contribution in [2.75, 3.05) is 20.3 Å². The summed E-state index contributed by atoms with van der Waals surface area (Å²) in [5, 5.41) is 3.16. The van der Waals surface area contributed by atoms with Gasteiger partial charge in [-0.05, 0) is 44.7 Å². The van der Waals surface area contributed by atoms with Crippen LogP contribution in [0.5, 0.6) is 0 Å². The van der Waals surface area contributed by atoms with Crippen molar-refractivity contribution in [3.05, 3.63) is 0 Å². The third-order valence-corrected chi connectivity index (χ3v) is 8.79. The Morgan fingerprint density at radius 3 is 2.19 bits per heavy atom. The zero-order valence-electron chi connectivity index (χ0n) is 11.6. The molecule has 0 spiro atoms. The third kappa shape index (κ3) is 7.53. The van der Waals surface area contributed by atoms with Gasteiger partial charge in [0.2, 0.25) is 0 Å². The normalized spacial score (nSPS) is 18.2. The first-order chi connectivity index (χ1) is 7.22. The van der Waals surface area contributed by atoms with E-state index in [9.17, 15) is 0 Å². The molecule has 0 aromatic heterocycles. The van der Waals surface area contributed by atoms with Crippen LogP contribution in [0.4, 0.5) is 0 Å². The summed E-state index contributed by atoms with van der Waals surface area (Å²) < 4.78 is 11.9. The summed E-state index contributed by atoms with van der Waals surface area (Å²) in [4.78, 5) is 0. The van der Waals surface area contributed by atoms with E-state index in [0.29, 0.717) is 12.6 Å². The minimum Gasteiger partial charge on any atom is -0.436 e. The van der Waals surface area contributed by atoms with Gasteiger partial charge in [-0.1, -0.05) is 6.92 Å². The summed E-state index contributed by atoms with van der Waals surface area (Å²) in [5.41, 5.74) is 5.42. The Hall–Kier alpha value is 0.274. The lowest BCUT2D eigenvalue weighted by Crippen LogP contribution is -2.48. The van der Waals surface area contributed by atoms with E-state index in [1.54, 1.807) is 7.11 Å². The first-order valence-electron chi connectivity index (χ1n) is 5.88. The van der Waals surface area contributed by atoms with Gasteiger partial charge in [0.1, 0.15) is 0 Å². The monoisotopic (exact) mass is 264 g/mol. The van der Waals surface area contributed by atoms with E-state index in [0.717, 1.165) is 12.6 Å². The number of hydrogen-bond acceptors (Lipinski definition) is 4. The van der Waals surface area contributed by atoms with Gasteiger partial charge in [-0.25, -0.2) is 0 Å². The van der Waals surface area contributed by atoms with Crippen molar-refractivity contribution in [3.8, 4) is 0 Å². The van der Waals surface area contributed by atoms with Crippen molar-refractivity contribution < 1.29 is 8.54 Å². The predicted octanol–water partition coefficient (Wildman–Crippen LogP) is 1.70. The van der Waals surface area contributed by atoms with Crippen LogP contribution in [0, 0.1) is 5.92 Å². The summed E-state index contributed by atoms with van der Waals surface area (Å²) in [5.74, 6) is 0.538. The summed E-state index contributed by atoms with van der Waals surface area (Å²) in [6, 6.07) is 1.01. The molecule has 0 heterocycles. The molecule has 0 fully saturated rings. The van der Waals surface area contributed by atoms with Crippen molar-refractivity contribution in [1.82, 2.24) is 5.32 Å². The fraction of sp³-hybridized carbons (Fsp3) is 1.00. The highest BCUT2D eigenvalue weighted by Gasteiger charge is 2.36. The maximum atomic E-state index is 6.22. The van der Waals surface area contributed by atoms with E-state index in [2.05, 4.69) is 38.4 Å². The van der Waals surface area contributed by atoms with Gasteiger partial charge in [0, 0.05) is 13.8 Å². The summed E-state index contributed by atoms with van der Waals surface area (Å²) >= 11 is 0. The second-order valence-electron chi connectivity index (χ2n) is 5.52. The standard InChI is InChI=1S/C10H28N2O2Si2/c1-10(7-12-9-11)8-16(6,13-2)14-15(3,4)5/h10,12H,7-9,11H2,1-6H3. The molecule has 2 atom stereocenters. The van der Waals surface area contributed by atoms with Gasteiger partial charge in [-0.3, -0.25) is 0 Å². The van der Waals surface area contributed by atoms with Gasteiger partial charge in [-0.2, -0.15) is 0 Å². The van der Waals surface area contributed by atoms with Crippen LogP contribution in [0.2, 0.25) is 32.2 Å². The smallest absolute Gasteiger partial charge is 0.324 e. The molecule has 16 heavy (non-hydrogen) atoms. The third-order valence-electron chi connectivity index (χ3n) is 2.31. The Morgan fingerprint density at radius 2 is 1.81 bits per heavy atom. The highest BCUT2D eigenvalue weighted by Crippen LogP contribution is 2.23. The Labute approximate surface area is 102 Å². The zero-order valence-corrected chi connectivity index (χ0v) is 13.6. The van der Waals surface area contributed by atoms with Crippen molar-refractivity contribution in [2.45, 2.75) is 39.2 Å². The fourth-order valence-electron chi connectivity index (χ4n) is 1.85. The number of nitrogens with two attached hydrogens (primary N) is 1. The van der Waals surface area contributed by atoms with Gasteiger partial charge in [0.15, 0.2) is 8.32 Å². The van der Waals surface area contributed by atoms with Crippen LogP contribution in [0.1, 0.15) is 6.92 Å². The van der Waals surface area contributed by atoms with Crippen LogP contribution in [0.25, 0.3) is 0 Å². The van der Waals surface area contributed by atoms with E-state index < -0.39 is 16.9 Å². The Bertz CT molecular complexity index is 200. The van der Waals surface area contributed by atoms with Crippen LogP contribution < -0.4 is 11.1 Å². The van der Waals surface area contributed by atoms with Crippen molar-refractivity contribution in [2.24, 2.45) is 11.7 Å². The van der Waals surface area contributed by atoms with Crippen LogP contribution in [-0.4, -0.2) is 37.2 Å². The molecule has 0 bridgehead atoms. The molecule has 0 aliphatic heterocycles. The van der Waals surface area contributed by atoms with Crippen molar-refractivity contribution >= 4 is 16.9 Å². The highest BCUT2D eigenvalue weighted by molar-refractivity contribution is 6.81. The first kappa shape index (κ1) is 16.3. The Morgan fingerprint density at radius 1 is 1.25 bits per heavy atom. The molecule has 3 N–H and O–H groups in total. The molecule has 0 aliphatic rings. The average molecular weight is 265 g/mol. The van der Waals surface area contributed by atoms with E-state index in [1.165, 1.54) is 0 Å². The summed E-state index contributed by atoms with van der Waals surface area (Å²) in [7, 11) is -1.74. The Kier molecular flexibility index (Phi) is 6.99. The molecule has 0 aromatic carbocycles. The van der Waals surface area contributed by atoms with Gasteiger partial charge in [0.25, 0.3) is 0 Å². The molecule has 6 heteroatoms.